The van der Waals surface area contributed by atoms with Crippen LogP contribution in [0.5, 0.6) is 0 Å². The van der Waals surface area contributed by atoms with Gasteiger partial charge in [0.25, 0.3) is 0 Å². The molecule has 23 heavy (non-hydrogen) atoms. The van der Waals surface area contributed by atoms with Crippen molar-refractivity contribution in [3.63, 3.8) is 0 Å². The Hall–Kier alpha value is -1.37. The van der Waals surface area contributed by atoms with Crippen LogP contribution in [0.1, 0.15) is 10.4 Å². The van der Waals surface area contributed by atoms with Gasteiger partial charge in [-0.3, -0.25) is 0 Å². The maximum Gasteiger partial charge on any atom is 0.317 e. The highest BCUT2D eigenvalue weighted by molar-refractivity contribution is 9.11. The number of urea groups is 1. The molecule has 6 heteroatoms. The van der Waals surface area contributed by atoms with Crippen molar-refractivity contribution in [2.24, 2.45) is 0 Å². The van der Waals surface area contributed by atoms with E-state index >= 15 is 0 Å². The Bertz CT molecular complexity index is 812. The third-order valence-corrected chi connectivity index (χ3v) is 6.29. The molecule has 0 radical (unpaired) electrons. The van der Waals surface area contributed by atoms with E-state index in [1.54, 1.807) is 27.6 Å². The Morgan fingerprint density at radius 2 is 2.09 bits per heavy atom. The molecular weight excluding hydrogens is 392 g/mol. The number of nitrogens with zero attached hydrogens (tertiary/aromatic N) is 1. The minimum atomic E-state index is -0.0316. The van der Waals surface area contributed by atoms with Crippen LogP contribution in [0.4, 0.5) is 4.79 Å². The van der Waals surface area contributed by atoms with Gasteiger partial charge in [-0.05, 0) is 56.9 Å². The van der Waals surface area contributed by atoms with Gasteiger partial charge in [0.15, 0.2) is 0 Å². The molecule has 1 aromatic carbocycles. The van der Waals surface area contributed by atoms with Crippen LogP contribution in [0.2, 0.25) is 0 Å². The number of rotatable bonds is 5. The van der Waals surface area contributed by atoms with Crippen LogP contribution in [-0.4, -0.2) is 24.5 Å². The summed E-state index contributed by atoms with van der Waals surface area (Å²) in [4.78, 5) is 15.2. The summed E-state index contributed by atoms with van der Waals surface area (Å²) in [7, 11) is 1.84. The van der Waals surface area contributed by atoms with Gasteiger partial charge in [0.1, 0.15) is 0 Å². The third kappa shape index (κ3) is 4.13. The summed E-state index contributed by atoms with van der Waals surface area (Å²) in [6.45, 7) is 1.28. The van der Waals surface area contributed by atoms with Crippen LogP contribution in [0, 0.1) is 0 Å². The maximum atomic E-state index is 12.2. The summed E-state index contributed by atoms with van der Waals surface area (Å²) < 4.78 is 2.39. The molecule has 0 saturated carbocycles. The molecule has 0 bridgehead atoms. The van der Waals surface area contributed by atoms with Crippen molar-refractivity contribution in [1.29, 1.82) is 0 Å². The van der Waals surface area contributed by atoms with Crippen molar-refractivity contribution >= 4 is 54.7 Å². The second kappa shape index (κ2) is 7.47. The monoisotopic (exact) mass is 408 g/mol. The molecule has 0 aliphatic heterocycles. The standard InChI is InChI=1S/C17H17BrN2OS2/c1-20(10-12-11-22-15-5-3-2-4-14(12)15)17(21)19-9-8-13-6-7-16(18)23-13/h2-7,11H,8-10H2,1H3,(H,19,21). The Morgan fingerprint density at radius 1 is 1.26 bits per heavy atom. The van der Waals surface area contributed by atoms with Crippen molar-refractivity contribution in [2.75, 3.05) is 13.6 Å². The highest BCUT2D eigenvalue weighted by Crippen LogP contribution is 2.26. The normalized spacial score (nSPS) is 10.9. The highest BCUT2D eigenvalue weighted by atomic mass is 79.9. The number of hydrogen-bond acceptors (Lipinski definition) is 3. The molecule has 0 atom stereocenters. The first kappa shape index (κ1) is 16.5. The molecule has 2 heterocycles. The number of thiophene rings is 2. The van der Waals surface area contributed by atoms with Crippen LogP contribution >= 0.6 is 38.6 Å². The lowest BCUT2D eigenvalue weighted by Crippen LogP contribution is -2.37. The van der Waals surface area contributed by atoms with Gasteiger partial charge < -0.3 is 10.2 Å². The fourth-order valence-corrected chi connectivity index (χ4v) is 4.83. The van der Waals surface area contributed by atoms with Crippen LogP contribution in [0.15, 0.2) is 45.6 Å². The molecule has 0 aliphatic rings. The number of fused-ring (bicyclic) bond motifs is 1. The number of carbonyl (C=O) groups is 1. The molecule has 3 rings (SSSR count). The van der Waals surface area contributed by atoms with E-state index in [4.69, 9.17) is 0 Å². The topological polar surface area (TPSA) is 32.3 Å². The molecule has 3 nitrogen and oxygen atoms in total. The van der Waals surface area contributed by atoms with E-state index in [1.807, 2.05) is 25.2 Å². The summed E-state index contributed by atoms with van der Waals surface area (Å²) in [5.74, 6) is 0. The van der Waals surface area contributed by atoms with Crippen molar-refractivity contribution < 1.29 is 4.79 Å². The van der Waals surface area contributed by atoms with Gasteiger partial charge in [0.05, 0.1) is 3.79 Å². The summed E-state index contributed by atoms with van der Waals surface area (Å²) in [6.07, 6.45) is 0.858. The maximum absolute atomic E-state index is 12.2. The number of nitrogens with one attached hydrogen (secondary N) is 1. The largest absolute Gasteiger partial charge is 0.338 e. The van der Waals surface area contributed by atoms with Gasteiger partial charge in [-0.15, -0.1) is 22.7 Å². The molecule has 2 aromatic heterocycles. The van der Waals surface area contributed by atoms with Crippen molar-refractivity contribution in [1.82, 2.24) is 10.2 Å². The smallest absolute Gasteiger partial charge is 0.317 e. The van der Waals surface area contributed by atoms with Crippen LogP contribution < -0.4 is 5.32 Å². The number of hydrogen-bond donors (Lipinski definition) is 1. The number of halogens is 1. The van der Waals surface area contributed by atoms with E-state index in [1.165, 1.54) is 20.5 Å². The second-order valence-corrected chi connectivity index (χ2v) is 8.76. The van der Waals surface area contributed by atoms with Crippen LogP contribution in [-0.2, 0) is 13.0 Å². The van der Waals surface area contributed by atoms with E-state index < -0.39 is 0 Å². The van der Waals surface area contributed by atoms with Gasteiger partial charge in [-0.25, -0.2) is 4.79 Å². The fraction of sp³-hybridized carbons (Fsp3) is 0.235. The molecule has 0 spiro atoms. The zero-order chi connectivity index (χ0) is 16.2. The van der Waals surface area contributed by atoms with E-state index in [0.29, 0.717) is 13.1 Å². The van der Waals surface area contributed by atoms with Gasteiger partial charge in [-0.2, -0.15) is 0 Å². The molecule has 0 aliphatic carbocycles. The molecule has 0 unspecified atom stereocenters. The van der Waals surface area contributed by atoms with Crippen molar-refractivity contribution in [3.05, 3.63) is 56.0 Å². The van der Waals surface area contributed by atoms with E-state index in [0.717, 1.165) is 10.2 Å². The minimum Gasteiger partial charge on any atom is -0.338 e. The molecule has 0 saturated heterocycles. The average Bonchev–Trinajstić information content (AvgIpc) is 3.14. The predicted molar refractivity (Wildman–Crippen MR) is 102 cm³/mol. The fourth-order valence-electron chi connectivity index (χ4n) is 2.40. The Kier molecular flexibility index (Phi) is 5.35. The predicted octanol–water partition coefficient (Wildman–Crippen LogP) is 5.11. The van der Waals surface area contributed by atoms with Crippen molar-refractivity contribution in [2.45, 2.75) is 13.0 Å². The van der Waals surface area contributed by atoms with E-state index in [-0.39, 0.29) is 6.03 Å². The first-order chi connectivity index (χ1) is 11.1. The molecule has 3 aromatic rings. The van der Waals surface area contributed by atoms with E-state index in [2.05, 4.69) is 44.8 Å². The highest BCUT2D eigenvalue weighted by Gasteiger charge is 2.11. The third-order valence-electron chi connectivity index (χ3n) is 3.59. The Balaban J connectivity index is 1.53. The number of benzene rings is 1. The van der Waals surface area contributed by atoms with Gasteiger partial charge in [0, 0.05) is 29.7 Å². The molecule has 120 valence electrons. The van der Waals surface area contributed by atoms with E-state index in [9.17, 15) is 4.79 Å². The number of amides is 2. The molecule has 1 N–H and O–H groups in total. The van der Waals surface area contributed by atoms with Crippen LogP contribution in [0.25, 0.3) is 10.1 Å². The molecular formula is C17H17BrN2OS2. The lowest BCUT2D eigenvalue weighted by atomic mass is 10.2. The van der Waals surface area contributed by atoms with Gasteiger partial charge >= 0.3 is 6.03 Å². The van der Waals surface area contributed by atoms with Gasteiger partial charge in [0.2, 0.25) is 0 Å². The zero-order valence-electron chi connectivity index (χ0n) is 12.7. The molecule has 0 fully saturated rings. The second-order valence-electron chi connectivity index (χ2n) is 5.30. The lowest BCUT2D eigenvalue weighted by Gasteiger charge is -2.17. The van der Waals surface area contributed by atoms with Crippen LogP contribution in [0.3, 0.4) is 0 Å². The summed E-state index contributed by atoms with van der Waals surface area (Å²) in [6, 6.07) is 12.4. The first-order valence-corrected chi connectivity index (χ1v) is 9.80. The summed E-state index contributed by atoms with van der Waals surface area (Å²) >= 11 is 6.88. The minimum absolute atomic E-state index is 0.0316. The van der Waals surface area contributed by atoms with Gasteiger partial charge in [-0.1, -0.05) is 18.2 Å². The summed E-state index contributed by atoms with van der Waals surface area (Å²) in [5, 5.41) is 6.36. The average molecular weight is 409 g/mol. The Labute approximate surface area is 152 Å². The lowest BCUT2D eigenvalue weighted by molar-refractivity contribution is 0.207. The first-order valence-electron chi connectivity index (χ1n) is 7.32. The quantitative estimate of drug-likeness (QED) is 0.624. The van der Waals surface area contributed by atoms with Crippen molar-refractivity contribution in [3.8, 4) is 0 Å². The Morgan fingerprint density at radius 3 is 2.87 bits per heavy atom. The SMILES string of the molecule is CN(Cc1csc2ccccc12)C(=O)NCCc1ccc(Br)s1. The summed E-state index contributed by atoms with van der Waals surface area (Å²) in [5.41, 5.74) is 1.20. The molecule has 2 amide bonds. The zero-order valence-corrected chi connectivity index (χ0v) is 15.9. The number of carbonyl (C=O) groups excluding carboxylic acids is 1.